The summed E-state index contributed by atoms with van der Waals surface area (Å²) in [4.78, 5) is 10.2. The van der Waals surface area contributed by atoms with Crippen LogP contribution in [0.4, 0.5) is 0 Å². The molecule has 2 rings (SSSR count). The minimum absolute atomic E-state index is 0.0287. The average molecular weight is 563 g/mol. The van der Waals surface area contributed by atoms with Crippen molar-refractivity contribution in [3.8, 4) is 0 Å². The van der Waals surface area contributed by atoms with E-state index in [2.05, 4.69) is 79.7 Å². The van der Waals surface area contributed by atoms with Crippen LogP contribution < -0.4 is 26.3 Å². The molecule has 0 unspecified atom stereocenters. The average Bonchev–Trinajstić information content (AvgIpc) is 2.83. The van der Waals surface area contributed by atoms with Crippen molar-refractivity contribution in [1.82, 2.24) is 0 Å². The molecule has 0 fully saturated rings. The Bertz CT molecular complexity index is 675. The predicted octanol–water partition coefficient (Wildman–Crippen LogP) is 4.59. The molecular weight excluding hydrogens is 519 g/mol. The van der Waals surface area contributed by atoms with Crippen LogP contribution in [0.3, 0.4) is 0 Å². The van der Waals surface area contributed by atoms with Gasteiger partial charge in [-0.05, 0) is 62.8 Å². The molecule has 0 aromatic heterocycles. The molecule has 0 spiro atoms. The third-order valence-corrected chi connectivity index (χ3v) is 8.01. The van der Waals surface area contributed by atoms with Gasteiger partial charge in [0.1, 0.15) is 0 Å². The summed E-state index contributed by atoms with van der Waals surface area (Å²) in [6.45, 7) is 2.26. The smallest absolute Gasteiger partial charge is 0.357 e. The first-order valence-electron chi connectivity index (χ1n) is 12.8. The molecular formula is C30H43IO2. The number of carbonyl (C=O) groups excluding carboxylic acids is 1. The van der Waals surface area contributed by atoms with E-state index in [4.69, 9.17) is 0 Å². The molecule has 2 nitrogen and oxygen atoms in total. The SMILES string of the molecule is CCCCCCCCC=CCCCCCCCC(=O)[O-].c1ccc([I+]c2ccccc2)cc1. The molecule has 182 valence electrons. The van der Waals surface area contributed by atoms with Gasteiger partial charge in [0.25, 0.3) is 0 Å². The third kappa shape index (κ3) is 19.5. The first-order valence-corrected chi connectivity index (χ1v) is 15.0. The summed E-state index contributed by atoms with van der Waals surface area (Å²) in [5.41, 5.74) is 0. The van der Waals surface area contributed by atoms with Gasteiger partial charge in [0.2, 0.25) is 0 Å². The number of hydrogen-bond acceptors (Lipinski definition) is 2. The van der Waals surface area contributed by atoms with Crippen LogP contribution in [0.2, 0.25) is 0 Å². The molecule has 0 saturated heterocycles. The Morgan fingerprint density at radius 1 is 0.667 bits per heavy atom. The van der Waals surface area contributed by atoms with E-state index in [0.717, 1.165) is 19.3 Å². The standard InChI is InChI=1S/C18H34O2.C12H10I/c1-2-3-4-5-6-7-8-9-10-11-12-13-14-15-16-17-18(19)20;1-3-7-11(8-4-1)13-12-9-5-2-6-10-12/h9-10H,2-8,11-17H2,1H3,(H,19,20);1-10H/q;+1/p-1. The Morgan fingerprint density at radius 3 is 1.55 bits per heavy atom. The molecule has 0 atom stereocenters. The van der Waals surface area contributed by atoms with Crippen molar-refractivity contribution in [2.75, 3.05) is 0 Å². The highest BCUT2D eigenvalue weighted by atomic mass is 127. The maximum absolute atomic E-state index is 10.2. The Balaban J connectivity index is 0.000000357. The van der Waals surface area contributed by atoms with Crippen molar-refractivity contribution in [2.45, 2.75) is 96.8 Å². The second kappa shape index (κ2) is 22.2. The highest BCUT2D eigenvalue weighted by Gasteiger charge is 2.12. The summed E-state index contributed by atoms with van der Waals surface area (Å²) < 4.78 is 2.96. The lowest BCUT2D eigenvalue weighted by molar-refractivity contribution is -0.597. The Hall–Kier alpha value is -1.62. The first-order chi connectivity index (χ1) is 16.2. The number of hydrogen-bond donors (Lipinski definition) is 0. The van der Waals surface area contributed by atoms with Crippen LogP contribution in [-0.4, -0.2) is 5.97 Å². The number of carboxylic acid groups (broad SMARTS) is 1. The van der Waals surface area contributed by atoms with Gasteiger partial charge < -0.3 is 9.90 Å². The number of rotatable bonds is 17. The Kier molecular flexibility index (Phi) is 19.8. The maximum atomic E-state index is 10.2. The van der Waals surface area contributed by atoms with Crippen molar-refractivity contribution >= 4 is 5.97 Å². The molecule has 0 aliphatic heterocycles. The number of aliphatic carboxylic acids is 1. The van der Waals surface area contributed by atoms with E-state index in [1.807, 2.05) is 0 Å². The number of unbranched alkanes of at least 4 members (excludes halogenated alkanes) is 11. The summed E-state index contributed by atoms with van der Waals surface area (Å²) in [6.07, 6.45) is 20.9. The number of carboxylic acids is 1. The Labute approximate surface area is 213 Å². The van der Waals surface area contributed by atoms with Crippen LogP contribution in [0, 0.1) is 7.14 Å². The van der Waals surface area contributed by atoms with Crippen molar-refractivity contribution in [3.05, 3.63) is 80.0 Å². The van der Waals surface area contributed by atoms with E-state index in [1.54, 1.807) is 0 Å². The highest BCUT2D eigenvalue weighted by molar-refractivity contribution is 5.64. The summed E-state index contributed by atoms with van der Waals surface area (Å²) in [5, 5.41) is 10.2. The van der Waals surface area contributed by atoms with E-state index >= 15 is 0 Å². The number of benzene rings is 2. The third-order valence-electron chi connectivity index (χ3n) is 5.33. The molecule has 0 radical (unpaired) electrons. The normalized spacial score (nSPS) is 10.7. The highest BCUT2D eigenvalue weighted by Crippen LogP contribution is 2.09. The fraction of sp³-hybridized carbons (Fsp3) is 0.500. The number of halogens is 1. The maximum Gasteiger partial charge on any atom is 0.357 e. The van der Waals surface area contributed by atoms with Gasteiger partial charge in [0.05, 0.1) is 0 Å². The zero-order chi connectivity index (χ0) is 23.8. The second-order valence-electron chi connectivity index (χ2n) is 8.39. The van der Waals surface area contributed by atoms with Crippen molar-refractivity contribution in [1.29, 1.82) is 0 Å². The quantitative estimate of drug-likeness (QED) is 0.161. The van der Waals surface area contributed by atoms with Crippen LogP contribution >= 0.6 is 0 Å². The molecule has 0 heterocycles. The molecule has 0 saturated carbocycles. The van der Waals surface area contributed by atoms with Gasteiger partial charge in [0, 0.05) is 5.97 Å². The Morgan fingerprint density at radius 2 is 1.09 bits per heavy atom. The lowest BCUT2D eigenvalue weighted by Crippen LogP contribution is -3.61. The fourth-order valence-electron chi connectivity index (χ4n) is 3.42. The topological polar surface area (TPSA) is 40.1 Å². The van der Waals surface area contributed by atoms with Crippen LogP contribution in [0.15, 0.2) is 72.8 Å². The lowest BCUT2D eigenvalue weighted by atomic mass is 10.1. The van der Waals surface area contributed by atoms with Crippen LogP contribution in [-0.2, 0) is 4.79 Å². The van der Waals surface area contributed by atoms with Crippen molar-refractivity contribution < 1.29 is 31.1 Å². The summed E-state index contributed by atoms with van der Waals surface area (Å²) in [6, 6.07) is 21.4. The fourth-order valence-corrected chi connectivity index (χ4v) is 5.69. The largest absolute Gasteiger partial charge is 0.550 e. The molecule has 2 aromatic rings. The molecule has 0 amide bonds. The summed E-state index contributed by atoms with van der Waals surface area (Å²) in [5.74, 6) is -0.914. The van der Waals surface area contributed by atoms with E-state index in [9.17, 15) is 9.90 Å². The summed E-state index contributed by atoms with van der Waals surface area (Å²) >= 11 is 0.0287. The van der Waals surface area contributed by atoms with Gasteiger partial charge in [0.15, 0.2) is 7.14 Å². The number of carbonyl (C=O) groups is 1. The molecule has 0 aliphatic carbocycles. The number of allylic oxidation sites excluding steroid dienone is 2. The predicted molar refractivity (Wildman–Crippen MR) is 135 cm³/mol. The minimum atomic E-state index is -0.914. The molecule has 33 heavy (non-hydrogen) atoms. The first kappa shape index (κ1) is 29.4. The van der Waals surface area contributed by atoms with E-state index < -0.39 is 5.97 Å². The van der Waals surface area contributed by atoms with Gasteiger partial charge in [-0.2, -0.15) is 0 Å². The van der Waals surface area contributed by atoms with Crippen molar-refractivity contribution in [2.24, 2.45) is 0 Å². The zero-order valence-corrected chi connectivity index (χ0v) is 22.7. The van der Waals surface area contributed by atoms with Crippen LogP contribution in [0.25, 0.3) is 0 Å². The lowest BCUT2D eigenvalue weighted by Gasteiger charge is -2.01. The van der Waals surface area contributed by atoms with Gasteiger partial charge in [-0.3, -0.25) is 0 Å². The van der Waals surface area contributed by atoms with Crippen LogP contribution in [0.5, 0.6) is 0 Å². The molecule has 0 bridgehead atoms. The molecule has 0 N–H and O–H groups in total. The monoisotopic (exact) mass is 562 g/mol. The van der Waals surface area contributed by atoms with Gasteiger partial charge in [-0.25, -0.2) is 0 Å². The molecule has 0 aliphatic rings. The van der Waals surface area contributed by atoms with E-state index in [-0.39, 0.29) is 27.6 Å². The van der Waals surface area contributed by atoms with Gasteiger partial charge in [-0.15, -0.1) is 0 Å². The second-order valence-corrected chi connectivity index (χ2v) is 11.4. The van der Waals surface area contributed by atoms with Crippen molar-refractivity contribution in [3.63, 3.8) is 0 Å². The molecule has 2 aromatic carbocycles. The minimum Gasteiger partial charge on any atom is -0.550 e. The van der Waals surface area contributed by atoms with E-state index in [1.165, 1.54) is 71.3 Å². The summed E-state index contributed by atoms with van der Waals surface area (Å²) in [7, 11) is 0. The van der Waals surface area contributed by atoms with Gasteiger partial charge >= 0.3 is 21.2 Å². The van der Waals surface area contributed by atoms with Crippen LogP contribution in [0.1, 0.15) is 96.8 Å². The van der Waals surface area contributed by atoms with Gasteiger partial charge in [-0.1, -0.05) is 107 Å². The zero-order valence-electron chi connectivity index (χ0n) is 20.5. The van der Waals surface area contributed by atoms with E-state index in [0.29, 0.717) is 0 Å². The molecule has 3 heteroatoms.